The van der Waals surface area contributed by atoms with Crippen molar-refractivity contribution in [3.8, 4) is 11.5 Å². The normalized spacial score (nSPS) is 16.7. The Balaban J connectivity index is 1.75. The Morgan fingerprint density at radius 1 is 1.24 bits per heavy atom. The van der Waals surface area contributed by atoms with E-state index >= 15 is 0 Å². The number of rotatable bonds is 6. The number of benzene rings is 1. The lowest BCUT2D eigenvalue weighted by molar-refractivity contribution is -0.0512. The Bertz CT molecular complexity index is 755. The third kappa shape index (κ3) is 3.96. The molecule has 0 radical (unpaired) electrons. The van der Waals surface area contributed by atoms with E-state index in [2.05, 4.69) is 14.9 Å². The van der Waals surface area contributed by atoms with E-state index in [0.717, 1.165) is 25.7 Å². The molecule has 2 N–H and O–H groups in total. The van der Waals surface area contributed by atoms with Gasteiger partial charge in [0.25, 0.3) is 5.89 Å². The van der Waals surface area contributed by atoms with Gasteiger partial charge < -0.3 is 19.7 Å². The van der Waals surface area contributed by atoms with E-state index in [1.807, 2.05) is 0 Å². The van der Waals surface area contributed by atoms with Crippen LogP contribution in [0.4, 0.5) is 8.78 Å². The van der Waals surface area contributed by atoms with Gasteiger partial charge in [-0.2, -0.15) is 13.8 Å². The second kappa shape index (κ2) is 7.18. The molecular formula is C17H19F2N3O3. The first kappa shape index (κ1) is 17.3. The molecule has 1 heterocycles. The molecule has 0 unspecified atom stereocenters. The third-order valence-electron chi connectivity index (χ3n) is 4.20. The summed E-state index contributed by atoms with van der Waals surface area (Å²) in [5.41, 5.74) is 6.50. The number of halogens is 2. The average Bonchev–Trinajstić information content (AvgIpc) is 3.23. The first-order valence-corrected chi connectivity index (χ1v) is 7.94. The summed E-state index contributed by atoms with van der Waals surface area (Å²) in [5, 5.41) is 3.97. The molecule has 0 bridgehead atoms. The maximum absolute atomic E-state index is 12.3. The third-order valence-corrected chi connectivity index (χ3v) is 4.20. The summed E-state index contributed by atoms with van der Waals surface area (Å²) in [6.07, 6.45) is 7.16. The highest BCUT2D eigenvalue weighted by molar-refractivity contribution is 5.67. The lowest BCUT2D eigenvalue weighted by atomic mass is 9.99. The molecule has 3 rings (SSSR count). The molecule has 0 atom stereocenters. The Morgan fingerprint density at radius 2 is 2.00 bits per heavy atom. The smallest absolute Gasteiger partial charge is 0.387 e. The van der Waals surface area contributed by atoms with Crippen LogP contribution in [0, 0.1) is 0 Å². The molecular weight excluding hydrogens is 332 g/mol. The number of nitrogens with zero attached hydrogens (tertiary/aromatic N) is 2. The first-order chi connectivity index (χ1) is 12.0. The topological polar surface area (TPSA) is 83.4 Å². The second-order valence-electron chi connectivity index (χ2n) is 5.94. The van der Waals surface area contributed by atoms with Gasteiger partial charge in [-0.25, -0.2) is 0 Å². The van der Waals surface area contributed by atoms with Crippen LogP contribution in [0.25, 0.3) is 12.2 Å². The van der Waals surface area contributed by atoms with Crippen molar-refractivity contribution in [2.24, 2.45) is 5.73 Å². The summed E-state index contributed by atoms with van der Waals surface area (Å²) in [7, 11) is 1.38. The van der Waals surface area contributed by atoms with E-state index in [4.69, 9.17) is 15.0 Å². The van der Waals surface area contributed by atoms with Crippen molar-refractivity contribution in [1.82, 2.24) is 10.1 Å². The van der Waals surface area contributed by atoms with E-state index in [1.165, 1.54) is 13.2 Å². The molecule has 1 fully saturated rings. The highest BCUT2D eigenvalue weighted by Crippen LogP contribution is 2.34. The average molecular weight is 351 g/mol. The minimum absolute atomic E-state index is 0.0268. The Morgan fingerprint density at radius 3 is 2.68 bits per heavy atom. The first-order valence-electron chi connectivity index (χ1n) is 7.94. The van der Waals surface area contributed by atoms with Gasteiger partial charge in [0.15, 0.2) is 17.3 Å². The lowest BCUT2D eigenvalue weighted by Gasteiger charge is -2.17. The number of hydrogen-bond donors (Lipinski definition) is 1. The summed E-state index contributed by atoms with van der Waals surface area (Å²) < 4.78 is 39.3. The summed E-state index contributed by atoms with van der Waals surface area (Å²) in [6.45, 7) is -2.91. The molecule has 0 spiro atoms. The molecule has 8 heteroatoms. The Kier molecular flexibility index (Phi) is 4.98. The minimum Gasteiger partial charge on any atom is -0.493 e. The predicted molar refractivity (Wildman–Crippen MR) is 87.2 cm³/mol. The summed E-state index contributed by atoms with van der Waals surface area (Å²) in [4.78, 5) is 4.33. The van der Waals surface area contributed by atoms with Crippen molar-refractivity contribution < 1.29 is 22.8 Å². The van der Waals surface area contributed by atoms with Crippen LogP contribution in [0.3, 0.4) is 0 Å². The molecule has 0 amide bonds. The van der Waals surface area contributed by atoms with Crippen LogP contribution in [-0.4, -0.2) is 23.9 Å². The van der Waals surface area contributed by atoms with E-state index in [0.29, 0.717) is 17.3 Å². The van der Waals surface area contributed by atoms with Crippen molar-refractivity contribution in [3.63, 3.8) is 0 Å². The van der Waals surface area contributed by atoms with Crippen molar-refractivity contribution in [1.29, 1.82) is 0 Å². The summed E-state index contributed by atoms with van der Waals surface area (Å²) in [5.74, 6) is 1.03. The molecule has 6 nitrogen and oxygen atoms in total. The molecule has 25 heavy (non-hydrogen) atoms. The number of ether oxygens (including phenoxy) is 2. The predicted octanol–water partition coefficient (Wildman–Crippen LogP) is 3.58. The maximum atomic E-state index is 12.3. The maximum Gasteiger partial charge on any atom is 0.387 e. The fourth-order valence-electron chi connectivity index (χ4n) is 2.88. The molecule has 2 aromatic rings. The molecule has 1 aromatic carbocycles. The molecule has 1 aliphatic rings. The van der Waals surface area contributed by atoms with Crippen LogP contribution < -0.4 is 15.2 Å². The fraction of sp³-hybridized carbons (Fsp3) is 0.412. The van der Waals surface area contributed by atoms with Gasteiger partial charge in [-0.3, -0.25) is 0 Å². The SMILES string of the molecule is COc1cc(/C=C/c2nc(C3(N)CCCC3)no2)ccc1OC(F)F. The van der Waals surface area contributed by atoms with Gasteiger partial charge in [-0.05, 0) is 36.6 Å². The summed E-state index contributed by atoms with van der Waals surface area (Å²) in [6, 6.07) is 4.61. The molecule has 134 valence electrons. The van der Waals surface area contributed by atoms with E-state index < -0.39 is 12.2 Å². The van der Waals surface area contributed by atoms with Crippen molar-refractivity contribution in [2.45, 2.75) is 37.8 Å². The largest absolute Gasteiger partial charge is 0.493 e. The highest BCUT2D eigenvalue weighted by Gasteiger charge is 2.35. The van der Waals surface area contributed by atoms with Crippen LogP contribution in [0.5, 0.6) is 11.5 Å². The quantitative estimate of drug-likeness (QED) is 0.856. The molecule has 1 saturated carbocycles. The van der Waals surface area contributed by atoms with Gasteiger partial charge in [-0.15, -0.1) is 0 Å². The van der Waals surface area contributed by atoms with Gasteiger partial charge >= 0.3 is 6.61 Å². The zero-order valence-corrected chi connectivity index (χ0v) is 13.7. The van der Waals surface area contributed by atoms with Crippen molar-refractivity contribution in [3.05, 3.63) is 35.5 Å². The van der Waals surface area contributed by atoms with Crippen LogP contribution in [0.2, 0.25) is 0 Å². The van der Waals surface area contributed by atoms with Crippen LogP contribution in [-0.2, 0) is 5.54 Å². The van der Waals surface area contributed by atoms with Gasteiger partial charge in [0, 0.05) is 6.08 Å². The van der Waals surface area contributed by atoms with E-state index in [-0.39, 0.29) is 11.5 Å². The van der Waals surface area contributed by atoms with Gasteiger partial charge in [0.1, 0.15) is 0 Å². The monoisotopic (exact) mass is 351 g/mol. The van der Waals surface area contributed by atoms with E-state index in [1.54, 1.807) is 24.3 Å². The number of nitrogens with two attached hydrogens (primary N) is 1. The van der Waals surface area contributed by atoms with Gasteiger partial charge in [-0.1, -0.05) is 24.1 Å². The zero-order chi connectivity index (χ0) is 17.9. The number of hydrogen-bond acceptors (Lipinski definition) is 6. The van der Waals surface area contributed by atoms with Crippen LogP contribution in [0.15, 0.2) is 22.7 Å². The van der Waals surface area contributed by atoms with Crippen molar-refractivity contribution >= 4 is 12.2 Å². The molecule has 0 saturated heterocycles. The molecule has 0 aliphatic heterocycles. The van der Waals surface area contributed by atoms with Gasteiger partial charge in [0.2, 0.25) is 0 Å². The number of aromatic nitrogens is 2. The Hall–Kier alpha value is -2.48. The lowest BCUT2D eigenvalue weighted by Crippen LogP contribution is -2.34. The standard InChI is InChI=1S/C17H19F2N3O3/c1-23-13-10-11(4-6-12(13)24-16(18)19)5-7-14-21-15(22-25-14)17(20)8-2-3-9-17/h4-7,10,16H,2-3,8-9,20H2,1H3/b7-5+. The summed E-state index contributed by atoms with van der Waals surface area (Å²) >= 11 is 0. The van der Waals surface area contributed by atoms with Gasteiger partial charge in [0.05, 0.1) is 12.6 Å². The fourth-order valence-corrected chi connectivity index (χ4v) is 2.88. The van der Waals surface area contributed by atoms with Crippen LogP contribution >= 0.6 is 0 Å². The van der Waals surface area contributed by atoms with Crippen molar-refractivity contribution in [2.75, 3.05) is 7.11 Å². The second-order valence-corrected chi connectivity index (χ2v) is 5.94. The molecule has 1 aromatic heterocycles. The van der Waals surface area contributed by atoms with Crippen LogP contribution in [0.1, 0.15) is 43.0 Å². The molecule has 1 aliphatic carbocycles. The van der Waals surface area contributed by atoms with E-state index in [9.17, 15) is 8.78 Å². The minimum atomic E-state index is -2.91. The Labute approximate surface area is 143 Å². The zero-order valence-electron chi connectivity index (χ0n) is 13.7. The number of methoxy groups -OCH3 is 1. The number of alkyl halides is 2. The highest BCUT2D eigenvalue weighted by atomic mass is 19.3.